The van der Waals surface area contributed by atoms with Crippen LogP contribution in [0.15, 0.2) is 91.3 Å². The van der Waals surface area contributed by atoms with Gasteiger partial charge in [-0.2, -0.15) is 0 Å². The van der Waals surface area contributed by atoms with Gasteiger partial charge < -0.3 is 49.8 Å². The summed E-state index contributed by atoms with van der Waals surface area (Å²) in [4.78, 5) is 76.6. The second-order valence-corrected chi connectivity index (χ2v) is 19.1. The van der Waals surface area contributed by atoms with Crippen molar-refractivity contribution in [2.24, 2.45) is 0 Å². The zero-order chi connectivity index (χ0) is 50.6. The summed E-state index contributed by atoms with van der Waals surface area (Å²) < 4.78 is 17.5. The molecule has 0 bridgehead atoms. The standard InChI is InChI=1S/C54H65N11O8/c1-37(57-50(68)40-7-5-8-42(33-40)60-54(19-23-56-24-20-54)53-59-49(61-62-53)39-17-21-55-22-18-39)38-9-12-44(13-10-38)73-32-4-2-3-29-71-30-6-31-72-36-48(67)64-27-25-63(26-28-64)43-11-14-45-41(34-43)35-65(52(45)70)46-15-16-47(66)58-51(46)69/h5,7-14,17-18,21-22,33-34,37,46,56,60H,2-4,6,15-16,19-20,23-32,35-36H2,1H3,(H,57,68)(H,58,66,69)(H,59,61,62)/t37-,46?/m1/s1. The molecule has 4 aliphatic heterocycles. The third-order valence-electron chi connectivity index (χ3n) is 14.1. The predicted molar refractivity (Wildman–Crippen MR) is 273 cm³/mol. The third kappa shape index (κ3) is 12.7. The highest BCUT2D eigenvalue weighted by atomic mass is 16.5. The smallest absolute Gasteiger partial charge is 0.255 e. The van der Waals surface area contributed by atoms with Gasteiger partial charge in [0.05, 0.1) is 18.2 Å². The Morgan fingerprint density at radius 1 is 0.836 bits per heavy atom. The molecule has 4 aliphatic rings. The SMILES string of the molecule is C[C@@H](NC(=O)c1cccc(NC2(c3nnc(-c4ccncc4)[nH]3)CCNCC2)c1)c1ccc(OCCCCCOCCCOCC(=O)N2CCN(c3ccc4c(c3)CN(C3CCC(=O)NC3=O)C4=O)CC2)cc1. The van der Waals surface area contributed by atoms with Crippen molar-refractivity contribution < 1.29 is 38.2 Å². The number of unbranched alkanes of at least 4 members (excludes halogenated alkanes) is 2. The Morgan fingerprint density at radius 2 is 1.60 bits per heavy atom. The molecule has 0 saturated carbocycles. The molecule has 3 aromatic carbocycles. The quantitative estimate of drug-likeness (QED) is 0.0448. The Bertz CT molecular complexity index is 2700. The number of fused-ring (bicyclic) bond motifs is 1. The van der Waals surface area contributed by atoms with E-state index in [0.717, 1.165) is 84.8 Å². The van der Waals surface area contributed by atoms with Crippen LogP contribution in [0.5, 0.6) is 5.75 Å². The molecule has 3 saturated heterocycles. The van der Waals surface area contributed by atoms with Crippen LogP contribution in [-0.2, 0) is 35.9 Å². The van der Waals surface area contributed by atoms with E-state index in [4.69, 9.17) is 14.2 Å². The van der Waals surface area contributed by atoms with Gasteiger partial charge in [-0.15, -0.1) is 10.2 Å². The van der Waals surface area contributed by atoms with Gasteiger partial charge in [0.15, 0.2) is 11.6 Å². The Balaban J connectivity index is 0.607. The van der Waals surface area contributed by atoms with E-state index in [1.54, 1.807) is 17.3 Å². The highest BCUT2D eigenvalue weighted by molar-refractivity contribution is 6.05. The second-order valence-electron chi connectivity index (χ2n) is 19.1. The lowest BCUT2D eigenvalue weighted by molar-refractivity contribution is -0.137. The molecule has 73 heavy (non-hydrogen) atoms. The van der Waals surface area contributed by atoms with Gasteiger partial charge in [0, 0.05) is 99.4 Å². The van der Waals surface area contributed by atoms with E-state index < -0.39 is 17.5 Å². The molecule has 5 N–H and O–H groups in total. The van der Waals surface area contributed by atoms with Crippen LogP contribution in [0.4, 0.5) is 11.4 Å². The van der Waals surface area contributed by atoms with Gasteiger partial charge in [-0.25, -0.2) is 0 Å². The fourth-order valence-electron chi connectivity index (χ4n) is 9.88. The number of H-pyrrole nitrogens is 1. The van der Waals surface area contributed by atoms with Crippen LogP contribution < -0.4 is 30.9 Å². The number of aromatic nitrogens is 4. The Labute approximate surface area is 425 Å². The summed E-state index contributed by atoms with van der Waals surface area (Å²) in [5.41, 5.74) is 5.21. The number of pyridine rings is 1. The Hall–Kier alpha value is -7.22. The number of rotatable bonds is 22. The van der Waals surface area contributed by atoms with Gasteiger partial charge in [-0.3, -0.25) is 34.3 Å². The van der Waals surface area contributed by atoms with Crippen molar-refractivity contribution in [1.29, 1.82) is 0 Å². The lowest BCUT2D eigenvalue weighted by atomic mass is 9.87. The number of anilines is 2. The highest BCUT2D eigenvalue weighted by Crippen LogP contribution is 2.35. The molecule has 19 heteroatoms. The van der Waals surface area contributed by atoms with Gasteiger partial charge in [0.1, 0.15) is 18.4 Å². The van der Waals surface area contributed by atoms with E-state index in [2.05, 4.69) is 46.3 Å². The Kier molecular flexibility index (Phi) is 16.7. The molecule has 0 aliphatic carbocycles. The van der Waals surface area contributed by atoms with E-state index in [9.17, 15) is 24.0 Å². The molecule has 2 aromatic heterocycles. The maximum atomic E-state index is 13.5. The first-order valence-corrected chi connectivity index (χ1v) is 25.5. The summed E-state index contributed by atoms with van der Waals surface area (Å²) in [6.07, 6.45) is 9.09. The largest absolute Gasteiger partial charge is 0.494 e. The van der Waals surface area contributed by atoms with Gasteiger partial charge in [0.2, 0.25) is 17.7 Å². The first-order chi connectivity index (χ1) is 35.6. The molecule has 0 radical (unpaired) electrons. The summed E-state index contributed by atoms with van der Waals surface area (Å²) >= 11 is 0. The molecule has 0 spiro atoms. The number of carbonyl (C=O) groups is 5. The molecular formula is C54H65N11O8. The van der Waals surface area contributed by atoms with Crippen LogP contribution >= 0.6 is 0 Å². The van der Waals surface area contributed by atoms with Crippen LogP contribution in [0.2, 0.25) is 0 Å². The monoisotopic (exact) mass is 996 g/mol. The van der Waals surface area contributed by atoms with Crippen molar-refractivity contribution in [1.82, 2.24) is 45.9 Å². The first kappa shape index (κ1) is 50.7. The lowest BCUT2D eigenvalue weighted by Crippen LogP contribution is -2.52. The zero-order valence-electron chi connectivity index (χ0n) is 41.4. The van der Waals surface area contributed by atoms with Crippen molar-refractivity contribution in [3.63, 3.8) is 0 Å². The third-order valence-corrected chi connectivity index (χ3v) is 14.1. The minimum absolute atomic E-state index is 0.0329. The summed E-state index contributed by atoms with van der Waals surface area (Å²) in [5.74, 6) is 1.11. The first-order valence-electron chi connectivity index (χ1n) is 25.5. The maximum Gasteiger partial charge on any atom is 0.255 e. The van der Waals surface area contributed by atoms with Crippen LogP contribution in [0, 0.1) is 0 Å². The minimum Gasteiger partial charge on any atom is -0.494 e. The number of piperazine rings is 1. The number of ether oxygens (including phenoxy) is 3. The van der Waals surface area contributed by atoms with E-state index in [0.29, 0.717) is 88.9 Å². The van der Waals surface area contributed by atoms with Gasteiger partial charge in [-0.05, 0) is 137 Å². The number of aromatic amines is 1. The molecule has 5 amide bonds. The normalized spacial score (nSPS) is 18.0. The van der Waals surface area contributed by atoms with Crippen molar-refractivity contribution in [2.75, 3.05) is 82.5 Å². The highest BCUT2D eigenvalue weighted by Gasteiger charge is 2.40. The number of nitrogens with one attached hydrogen (secondary N) is 5. The van der Waals surface area contributed by atoms with Crippen LogP contribution in [0.3, 0.4) is 0 Å². The number of nitrogens with zero attached hydrogens (tertiary/aromatic N) is 6. The summed E-state index contributed by atoms with van der Waals surface area (Å²) in [6.45, 7) is 8.67. The van der Waals surface area contributed by atoms with Crippen LogP contribution in [-0.4, -0.2) is 138 Å². The zero-order valence-corrected chi connectivity index (χ0v) is 41.4. The second kappa shape index (κ2) is 24.0. The number of benzene rings is 3. The number of piperidine rings is 2. The number of hydrogen-bond acceptors (Lipinski definition) is 14. The minimum atomic E-state index is -0.643. The topological polar surface area (TPSA) is 225 Å². The molecule has 19 nitrogen and oxygen atoms in total. The van der Waals surface area contributed by atoms with Crippen LogP contribution in [0.25, 0.3) is 11.4 Å². The Morgan fingerprint density at radius 3 is 2.40 bits per heavy atom. The van der Waals surface area contributed by atoms with Gasteiger partial charge in [0.25, 0.3) is 11.8 Å². The number of carbonyl (C=O) groups excluding carboxylic acids is 5. The van der Waals surface area contributed by atoms with E-state index in [1.165, 1.54) is 0 Å². The average Bonchev–Trinajstić information content (AvgIpc) is 4.05. The van der Waals surface area contributed by atoms with Crippen molar-refractivity contribution in [2.45, 2.75) is 82.5 Å². The van der Waals surface area contributed by atoms with E-state index in [-0.39, 0.29) is 42.7 Å². The van der Waals surface area contributed by atoms with Gasteiger partial charge in [-0.1, -0.05) is 18.2 Å². The molecule has 384 valence electrons. The van der Waals surface area contributed by atoms with Crippen molar-refractivity contribution in [3.8, 4) is 17.1 Å². The summed E-state index contributed by atoms with van der Waals surface area (Å²) in [7, 11) is 0. The average molecular weight is 996 g/mol. The fraction of sp³-hybridized carbons (Fsp3) is 0.444. The number of amides is 5. The molecule has 5 aromatic rings. The fourth-order valence-corrected chi connectivity index (χ4v) is 9.88. The molecule has 3 fully saturated rings. The summed E-state index contributed by atoms with van der Waals surface area (Å²) in [6, 6.07) is 24.1. The lowest BCUT2D eigenvalue weighted by Gasteiger charge is -2.37. The van der Waals surface area contributed by atoms with E-state index >= 15 is 0 Å². The van der Waals surface area contributed by atoms with Crippen LogP contribution in [0.1, 0.15) is 102 Å². The van der Waals surface area contributed by atoms with Crippen molar-refractivity contribution in [3.05, 3.63) is 119 Å². The van der Waals surface area contributed by atoms with E-state index in [1.807, 2.05) is 90.7 Å². The van der Waals surface area contributed by atoms with Gasteiger partial charge >= 0.3 is 0 Å². The molecule has 9 rings (SSSR count). The molecule has 1 unspecified atom stereocenters. The predicted octanol–water partition coefficient (Wildman–Crippen LogP) is 5.13. The maximum absolute atomic E-state index is 13.5. The molecular weight excluding hydrogens is 931 g/mol. The number of hydrogen-bond donors (Lipinski definition) is 5. The molecule has 6 heterocycles. The molecule has 2 atom stereocenters. The van der Waals surface area contributed by atoms with Crippen molar-refractivity contribution >= 4 is 40.9 Å². The number of imide groups is 1. The summed E-state index contributed by atoms with van der Waals surface area (Å²) in [5, 5.41) is 21.6.